The summed E-state index contributed by atoms with van der Waals surface area (Å²) in [4.78, 5) is 9.17. The van der Waals surface area contributed by atoms with Crippen molar-refractivity contribution in [3.05, 3.63) is 28.6 Å². The standard InChI is InChI=1S/C15H22FOSi.C3H6O/c1-8(2)11-7-12(9(3)4)15(17-18)14(16)13(11)10(5)6;1-2-3-4/h7-10H,1-6H3;3H,2H2,1H3. The van der Waals surface area contributed by atoms with Crippen LogP contribution in [0.2, 0.25) is 0 Å². The van der Waals surface area contributed by atoms with Gasteiger partial charge in [-0.15, -0.1) is 0 Å². The Balaban J connectivity index is 0.000000980. The Kier molecular flexibility index (Phi) is 9.26. The number of carbonyl (C=O) groups is 1. The first-order valence-corrected chi connectivity index (χ1v) is 8.26. The van der Waals surface area contributed by atoms with Gasteiger partial charge in [0.1, 0.15) is 12.0 Å². The zero-order valence-corrected chi connectivity index (χ0v) is 15.8. The van der Waals surface area contributed by atoms with Gasteiger partial charge < -0.3 is 9.22 Å². The number of benzene rings is 1. The Bertz CT molecular complexity index is 482. The SMILES string of the molecule is CC(C)c1cc(C(C)C)c(C(C)C)c(F)c1O[Si].CCC=O. The van der Waals surface area contributed by atoms with Crippen LogP contribution in [0.3, 0.4) is 0 Å². The molecule has 1 aromatic carbocycles. The molecule has 0 unspecified atom stereocenters. The molecule has 0 N–H and O–H groups in total. The molecule has 4 heteroatoms. The van der Waals surface area contributed by atoms with E-state index < -0.39 is 0 Å². The third-order valence-electron chi connectivity index (χ3n) is 3.41. The molecule has 0 amide bonds. The largest absolute Gasteiger partial charge is 0.538 e. The van der Waals surface area contributed by atoms with Gasteiger partial charge in [-0.25, -0.2) is 4.39 Å². The number of halogens is 1. The lowest BCUT2D eigenvalue weighted by molar-refractivity contribution is -0.107. The van der Waals surface area contributed by atoms with Gasteiger partial charge in [0.25, 0.3) is 0 Å². The van der Waals surface area contributed by atoms with E-state index in [2.05, 4.69) is 30.4 Å². The Hall–Kier alpha value is -1.16. The predicted octanol–water partition coefficient (Wildman–Crippen LogP) is 5.25. The highest BCUT2D eigenvalue weighted by molar-refractivity contribution is 6.00. The molecule has 1 aromatic rings. The molecule has 0 heterocycles. The molecule has 0 aromatic heterocycles. The third kappa shape index (κ3) is 5.23. The monoisotopic (exact) mass is 323 g/mol. The zero-order valence-electron chi connectivity index (χ0n) is 14.8. The van der Waals surface area contributed by atoms with Crippen LogP contribution in [0.15, 0.2) is 6.07 Å². The molecule has 2 nitrogen and oxygen atoms in total. The van der Waals surface area contributed by atoms with Gasteiger partial charge in [0.2, 0.25) is 0 Å². The lowest BCUT2D eigenvalue weighted by atomic mass is 9.86. The van der Waals surface area contributed by atoms with Crippen LogP contribution in [-0.4, -0.2) is 16.8 Å². The van der Waals surface area contributed by atoms with Gasteiger partial charge in [-0.1, -0.05) is 54.5 Å². The Morgan fingerprint density at radius 2 is 1.55 bits per heavy atom. The minimum Gasteiger partial charge on any atom is -0.538 e. The van der Waals surface area contributed by atoms with Gasteiger partial charge in [-0.3, -0.25) is 0 Å². The van der Waals surface area contributed by atoms with E-state index in [1.165, 1.54) is 0 Å². The molecule has 0 fully saturated rings. The fourth-order valence-corrected chi connectivity index (χ4v) is 2.49. The van der Waals surface area contributed by atoms with Crippen LogP contribution in [0.5, 0.6) is 5.75 Å². The summed E-state index contributed by atoms with van der Waals surface area (Å²) in [7, 11) is 2.98. The lowest BCUT2D eigenvalue weighted by Gasteiger charge is -2.23. The molecule has 3 radical (unpaired) electrons. The molecule has 0 atom stereocenters. The molecule has 0 spiro atoms. The zero-order chi connectivity index (χ0) is 17.4. The van der Waals surface area contributed by atoms with Crippen LogP contribution < -0.4 is 4.43 Å². The molecular formula is C18H28FO2Si. The molecule has 123 valence electrons. The van der Waals surface area contributed by atoms with Gasteiger partial charge in [0.15, 0.2) is 5.82 Å². The molecule has 0 aliphatic rings. The number of aldehydes is 1. The molecule has 22 heavy (non-hydrogen) atoms. The summed E-state index contributed by atoms with van der Waals surface area (Å²) in [5.41, 5.74) is 2.76. The van der Waals surface area contributed by atoms with Gasteiger partial charge in [0, 0.05) is 6.42 Å². The smallest absolute Gasteiger partial charge is 0.341 e. The van der Waals surface area contributed by atoms with Crippen LogP contribution in [-0.2, 0) is 4.79 Å². The Morgan fingerprint density at radius 1 is 1.09 bits per heavy atom. The lowest BCUT2D eigenvalue weighted by Crippen LogP contribution is -2.08. The van der Waals surface area contributed by atoms with Gasteiger partial charge in [-0.2, -0.15) is 0 Å². The highest BCUT2D eigenvalue weighted by atomic mass is 28.2. The van der Waals surface area contributed by atoms with E-state index in [0.717, 1.165) is 23.0 Å². The van der Waals surface area contributed by atoms with Crippen LogP contribution >= 0.6 is 0 Å². The van der Waals surface area contributed by atoms with E-state index in [-0.39, 0.29) is 17.7 Å². The summed E-state index contributed by atoms with van der Waals surface area (Å²) in [6, 6.07) is 2.09. The number of rotatable bonds is 5. The summed E-state index contributed by atoms with van der Waals surface area (Å²) in [5, 5.41) is 0. The summed E-state index contributed by atoms with van der Waals surface area (Å²) in [6.45, 7) is 14.1. The highest BCUT2D eigenvalue weighted by Gasteiger charge is 2.23. The summed E-state index contributed by atoms with van der Waals surface area (Å²) in [6.07, 6.45) is 1.51. The van der Waals surface area contributed by atoms with E-state index in [0.29, 0.717) is 18.1 Å². The maximum atomic E-state index is 14.6. The van der Waals surface area contributed by atoms with Gasteiger partial charge >= 0.3 is 10.5 Å². The molecule has 0 bridgehead atoms. The van der Waals surface area contributed by atoms with Crippen molar-refractivity contribution in [3.8, 4) is 5.75 Å². The van der Waals surface area contributed by atoms with Crippen LogP contribution in [0.1, 0.15) is 89.3 Å². The van der Waals surface area contributed by atoms with Crippen molar-refractivity contribution < 1.29 is 13.6 Å². The molecule has 0 saturated heterocycles. The maximum Gasteiger partial charge on any atom is 0.341 e. The molecule has 1 rings (SSSR count). The third-order valence-corrected chi connectivity index (χ3v) is 3.61. The average molecular weight is 324 g/mol. The van der Waals surface area contributed by atoms with Gasteiger partial charge in [0.05, 0.1) is 0 Å². The quantitative estimate of drug-likeness (QED) is 0.546. The van der Waals surface area contributed by atoms with Crippen molar-refractivity contribution >= 4 is 16.8 Å². The van der Waals surface area contributed by atoms with E-state index in [1.54, 1.807) is 0 Å². The fraction of sp³-hybridized carbons (Fsp3) is 0.611. The number of hydrogen-bond donors (Lipinski definition) is 0. The molecular weight excluding hydrogens is 295 g/mol. The Morgan fingerprint density at radius 3 is 1.82 bits per heavy atom. The van der Waals surface area contributed by atoms with E-state index in [1.807, 2.05) is 34.6 Å². The van der Waals surface area contributed by atoms with E-state index in [4.69, 9.17) is 4.43 Å². The maximum absolute atomic E-state index is 14.6. The van der Waals surface area contributed by atoms with Crippen molar-refractivity contribution in [2.45, 2.75) is 72.6 Å². The van der Waals surface area contributed by atoms with Crippen LogP contribution in [0.4, 0.5) is 4.39 Å². The van der Waals surface area contributed by atoms with Crippen molar-refractivity contribution in [2.75, 3.05) is 0 Å². The second-order valence-electron chi connectivity index (χ2n) is 6.25. The second-order valence-corrected chi connectivity index (χ2v) is 6.46. The second kappa shape index (κ2) is 9.77. The first kappa shape index (κ1) is 20.8. The predicted molar refractivity (Wildman–Crippen MR) is 91.4 cm³/mol. The minimum atomic E-state index is -0.227. The number of carbonyl (C=O) groups excluding carboxylic acids is 1. The van der Waals surface area contributed by atoms with Crippen molar-refractivity contribution in [1.29, 1.82) is 0 Å². The van der Waals surface area contributed by atoms with E-state index in [9.17, 15) is 9.18 Å². The number of hydrogen-bond acceptors (Lipinski definition) is 2. The van der Waals surface area contributed by atoms with Crippen molar-refractivity contribution in [1.82, 2.24) is 0 Å². The molecule has 0 saturated carbocycles. The topological polar surface area (TPSA) is 26.3 Å². The normalized spacial score (nSPS) is 10.7. The van der Waals surface area contributed by atoms with Gasteiger partial charge in [-0.05, 0) is 34.4 Å². The fourth-order valence-electron chi connectivity index (χ4n) is 2.28. The average Bonchev–Trinajstić information content (AvgIpc) is 2.45. The highest BCUT2D eigenvalue weighted by Crippen LogP contribution is 2.38. The Labute approximate surface area is 138 Å². The summed E-state index contributed by atoms with van der Waals surface area (Å²) >= 11 is 0. The molecule has 0 aliphatic heterocycles. The summed E-state index contributed by atoms with van der Waals surface area (Å²) < 4.78 is 19.7. The summed E-state index contributed by atoms with van der Waals surface area (Å²) in [5.74, 6) is 0.775. The van der Waals surface area contributed by atoms with Crippen molar-refractivity contribution in [2.24, 2.45) is 0 Å². The molecule has 0 aliphatic carbocycles. The van der Waals surface area contributed by atoms with Crippen LogP contribution in [0, 0.1) is 5.82 Å². The minimum absolute atomic E-state index is 0.143. The van der Waals surface area contributed by atoms with E-state index >= 15 is 0 Å². The van der Waals surface area contributed by atoms with Crippen LogP contribution in [0.25, 0.3) is 0 Å². The first-order chi connectivity index (χ1) is 10.2. The van der Waals surface area contributed by atoms with Crippen molar-refractivity contribution in [3.63, 3.8) is 0 Å². The first-order valence-electron chi connectivity index (χ1n) is 7.86.